The third kappa shape index (κ3) is 3.34. The van der Waals surface area contributed by atoms with E-state index in [0.717, 1.165) is 5.56 Å². The van der Waals surface area contributed by atoms with E-state index in [4.69, 9.17) is 14.6 Å². The number of benzene rings is 1. The Hall–Kier alpha value is -1.92. The van der Waals surface area contributed by atoms with Gasteiger partial charge in [0.25, 0.3) is 5.91 Å². The molecule has 1 aliphatic heterocycles. The minimum atomic E-state index is -1.29. The lowest BCUT2D eigenvalue weighted by atomic mass is 10.2. The highest BCUT2D eigenvalue weighted by atomic mass is 16.8. The van der Waals surface area contributed by atoms with Crippen molar-refractivity contribution >= 4 is 11.9 Å². The number of ether oxygens (including phenoxy) is 2. The summed E-state index contributed by atoms with van der Waals surface area (Å²) in [5, 5.41) is 11.7. The topological polar surface area (TPSA) is 84.9 Å². The van der Waals surface area contributed by atoms with Gasteiger partial charge >= 0.3 is 5.97 Å². The van der Waals surface area contributed by atoms with Crippen molar-refractivity contribution in [1.82, 2.24) is 5.32 Å². The first-order chi connectivity index (χ1) is 9.39. The average molecular weight is 279 g/mol. The van der Waals surface area contributed by atoms with Crippen LogP contribution in [0.15, 0.2) is 30.3 Å². The van der Waals surface area contributed by atoms with Crippen molar-refractivity contribution in [3.63, 3.8) is 0 Å². The predicted molar refractivity (Wildman–Crippen MR) is 69.7 cm³/mol. The highest BCUT2D eigenvalue weighted by molar-refractivity contribution is 5.88. The summed E-state index contributed by atoms with van der Waals surface area (Å²) in [7, 11) is 0. The SMILES string of the molecule is CC1(C)O[C@@H](C(=O)O)[C@H](C(=O)NCc2ccccc2)O1. The lowest BCUT2D eigenvalue weighted by molar-refractivity contribution is -0.166. The number of amides is 1. The Bertz CT molecular complexity index is 500. The molecule has 6 heteroatoms. The monoisotopic (exact) mass is 279 g/mol. The van der Waals surface area contributed by atoms with Gasteiger partial charge in [0, 0.05) is 6.54 Å². The number of rotatable bonds is 4. The number of nitrogens with one attached hydrogen (secondary N) is 1. The molecule has 1 heterocycles. The molecule has 20 heavy (non-hydrogen) atoms. The molecule has 0 aliphatic carbocycles. The van der Waals surface area contributed by atoms with Crippen LogP contribution in [0.3, 0.4) is 0 Å². The van der Waals surface area contributed by atoms with Gasteiger partial charge in [-0.2, -0.15) is 0 Å². The lowest BCUT2D eigenvalue weighted by Crippen LogP contribution is -2.43. The summed E-state index contributed by atoms with van der Waals surface area (Å²) in [4.78, 5) is 23.1. The Morgan fingerprint density at radius 1 is 1.20 bits per heavy atom. The molecule has 1 aliphatic rings. The third-order valence-electron chi connectivity index (χ3n) is 2.91. The van der Waals surface area contributed by atoms with Gasteiger partial charge < -0.3 is 19.9 Å². The molecule has 0 spiro atoms. The predicted octanol–water partition coefficient (Wildman–Crippen LogP) is 0.907. The summed E-state index contributed by atoms with van der Waals surface area (Å²) >= 11 is 0. The number of carboxylic acids is 1. The van der Waals surface area contributed by atoms with E-state index in [1.807, 2.05) is 30.3 Å². The van der Waals surface area contributed by atoms with Gasteiger partial charge in [0.05, 0.1) is 0 Å². The Morgan fingerprint density at radius 2 is 1.80 bits per heavy atom. The van der Waals surface area contributed by atoms with Crippen molar-refractivity contribution < 1.29 is 24.2 Å². The minimum absolute atomic E-state index is 0.312. The van der Waals surface area contributed by atoms with E-state index in [2.05, 4.69) is 5.32 Å². The van der Waals surface area contributed by atoms with E-state index in [0.29, 0.717) is 6.54 Å². The van der Waals surface area contributed by atoms with Gasteiger partial charge in [0.2, 0.25) is 0 Å². The fourth-order valence-corrected chi connectivity index (χ4v) is 2.02. The van der Waals surface area contributed by atoms with Gasteiger partial charge in [0.15, 0.2) is 18.0 Å². The van der Waals surface area contributed by atoms with Crippen LogP contribution in [-0.2, 0) is 25.6 Å². The molecule has 1 saturated heterocycles. The largest absolute Gasteiger partial charge is 0.479 e. The van der Waals surface area contributed by atoms with Crippen LogP contribution in [0.4, 0.5) is 0 Å². The molecule has 2 atom stereocenters. The summed E-state index contributed by atoms with van der Waals surface area (Å²) in [5.41, 5.74) is 0.922. The Labute approximate surface area is 116 Å². The van der Waals surface area contributed by atoms with E-state index in [9.17, 15) is 9.59 Å². The Morgan fingerprint density at radius 3 is 2.40 bits per heavy atom. The van der Waals surface area contributed by atoms with Gasteiger partial charge in [-0.15, -0.1) is 0 Å². The summed E-state index contributed by atoms with van der Waals surface area (Å²) in [6, 6.07) is 9.33. The zero-order valence-corrected chi connectivity index (χ0v) is 11.3. The summed E-state index contributed by atoms with van der Waals surface area (Å²) < 4.78 is 10.6. The fraction of sp³-hybridized carbons (Fsp3) is 0.429. The summed E-state index contributed by atoms with van der Waals surface area (Å²) in [5.74, 6) is -2.79. The van der Waals surface area contributed by atoms with Crippen LogP contribution in [0.2, 0.25) is 0 Å². The van der Waals surface area contributed by atoms with Crippen LogP contribution < -0.4 is 5.32 Å². The molecular weight excluding hydrogens is 262 g/mol. The van der Waals surface area contributed by atoms with Crippen LogP contribution >= 0.6 is 0 Å². The highest BCUT2D eigenvalue weighted by Gasteiger charge is 2.48. The molecule has 1 aromatic rings. The first kappa shape index (κ1) is 14.5. The lowest BCUT2D eigenvalue weighted by Gasteiger charge is -2.16. The zero-order chi connectivity index (χ0) is 14.8. The molecule has 0 saturated carbocycles. The Kier molecular flexibility index (Phi) is 4.06. The number of hydrogen-bond acceptors (Lipinski definition) is 4. The van der Waals surface area contributed by atoms with Crippen molar-refractivity contribution in [2.24, 2.45) is 0 Å². The molecule has 0 aromatic heterocycles. The van der Waals surface area contributed by atoms with Gasteiger partial charge in [0.1, 0.15) is 0 Å². The number of carbonyl (C=O) groups is 2. The molecular formula is C14H17NO5. The first-order valence-corrected chi connectivity index (χ1v) is 6.29. The standard InChI is InChI=1S/C14H17NO5/c1-14(2)19-10(11(20-14)13(17)18)12(16)15-8-9-6-4-3-5-7-9/h3-7,10-11H,8H2,1-2H3,(H,15,16)(H,17,18)/t10-,11-/m1/s1. The third-order valence-corrected chi connectivity index (χ3v) is 2.91. The minimum Gasteiger partial charge on any atom is -0.479 e. The van der Waals surface area contributed by atoms with Crippen molar-refractivity contribution in [2.45, 2.75) is 38.4 Å². The zero-order valence-electron chi connectivity index (χ0n) is 11.3. The number of carbonyl (C=O) groups excluding carboxylic acids is 1. The summed E-state index contributed by atoms with van der Waals surface area (Å²) in [6.07, 6.45) is -2.44. The van der Waals surface area contributed by atoms with E-state index in [1.54, 1.807) is 13.8 Å². The van der Waals surface area contributed by atoms with Crippen LogP contribution in [0.1, 0.15) is 19.4 Å². The molecule has 1 aromatic carbocycles. The second kappa shape index (κ2) is 5.60. The highest BCUT2D eigenvalue weighted by Crippen LogP contribution is 2.28. The molecule has 2 N–H and O–H groups in total. The maximum absolute atomic E-state index is 12.0. The van der Waals surface area contributed by atoms with Gasteiger partial charge in [-0.1, -0.05) is 30.3 Å². The van der Waals surface area contributed by atoms with Crippen molar-refractivity contribution in [1.29, 1.82) is 0 Å². The van der Waals surface area contributed by atoms with Crippen molar-refractivity contribution in [2.75, 3.05) is 0 Å². The van der Waals surface area contributed by atoms with E-state index < -0.39 is 29.9 Å². The number of hydrogen-bond donors (Lipinski definition) is 2. The van der Waals surface area contributed by atoms with Crippen LogP contribution in [0.25, 0.3) is 0 Å². The maximum atomic E-state index is 12.0. The molecule has 1 fully saturated rings. The Balaban J connectivity index is 1.99. The van der Waals surface area contributed by atoms with Gasteiger partial charge in [-0.25, -0.2) is 4.79 Å². The molecule has 1 amide bonds. The second-order valence-corrected chi connectivity index (χ2v) is 5.02. The van der Waals surface area contributed by atoms with Crippen LogP contribution in [0, 0.1) is 0 Å². The van der Waals surface area contributed by atoms with Gasteiger partial charge in [-0.05, 0) is 19.4 Å². The van der Waals surface area contributed by atoms with E-state index >= 15 is 0 Å². The molecule has 0 radical (unpaired) electrons. The van der Waals surface area contributed by atoms with Crippen LogP contribution in [0.5, 0.6) is 0 Å². The fourth-order valence-electron chi connectivity index (χ4n) is 2.02. The van der Waals surface area contributed by atoms with Crippen molar-refractivity contribution in [3.8, 4) is 0 Å². The van der Waals surface area contributed by atoms with E-state index in [-0.39, 0.29) is 0 Å². The van der Waals surface area contributed by atoms with Crippen molar-refractivity contribution in [3.05, 3.63) is 35.9 Å². The number of carboxylic acid groups (broad SMARTS) is 1. The molecule has 6 nitrogen and oxygen atoms in total. The normalized spacial score (nSPS) is 24.3. The molecule has 0 bridgehead atoms. The van der Waals surface area contributed by atoms with Crippen LogP contribution in [-0.4, -0.2) is 35.0 Å². The molecule has 108 valence electrons. The average Bonchev–Trinajstić information content (AvgIpc) is 2.74. The van der Waals surface area contributed by atoms with Gasteiger partial charge in [-0.3, -0.25) is 4.79 Å². The molecule has 0 unspecified atom stereocenters. The number of aliphatic carboxylic acids is 1. The maximum Gasteiger partial charge on any atom is 0.336 e. The van der Waals surface area contributed by atoms with E-state index in [1.165, 1.54) is 0 Å². The second-order valence-electron chi connectivity index (χ2n) is 5.02. The smallest absolute Gasteiger partial charge is 0.336 e. The first-order valence-electron chi connectivity index (χ1n) is 6.29. The summed E-state index contributed by atoms with van der Waals surface area (Å²) in [6.45, 7) is 3.47. The molecule has 2 rings (SSSR count). The quantitative estimate of drug-likeness (QED) is 0.855.